The van der Waals surface area contributed by atoms with Crippen LogP contribution in [0.4, 0.5) is 0 Å². The smallest absolute Gasteiger partial charge is 0.310 e. The Morgan fingerprint density at radius 2 is 1.83 bits per heavy atom. The number of ether oxygens (including phenoxy) is 1. The van der Waals surface area contributed by atoms with E-state index in [4.69, 9.17) is 9.72 Å². The first-order valence-electron chi connectivity index (χ1n) is 16.2. The highest BCUT2D eigenvalue weighted by molar-refractivity contribution is 5.76. The fraction of sp³-hybridized carbons (Fsp3) is 0.750. The second-order valence-corrected chi connectivity index (χ2v) is 15.9. The van der Waals surface area contributed by atoms with Gasteiger partial charge in [-0.05, 0) is 116 Å². The van der Waals surface area contributed by atoms with Crippen LogP contribution in [0.15, 0.2) is 17.7 Å². The highest BCUT2D eigenvalue weighted by Crippen LogP contribution is 2.75. The van der Waals surface area contributed by atoms with Crippen LogP contribution in [0.1, 0.15) is 117 Å². The van der Waals surface area contributed by atoms with Crippen molar-refractivity contribution in [1.82, 2.24) is 4.98 Å². The minimum Gasteiger partial charge on any atom is -0.481 e. The Morgan fingerprint density at radius 1 is 1.10 bits per heavy atom. The third kappa shape index (κ3) is 3.52. The van der Waals surface area contributed by atoms with E-state index in [0.29, 0.717) is 41.7 Å². The molecule has 0 amide bonds. The van der Waals surface area contributed by atoms with Crippen LogP contribution in [-0.4, -0.2) is 22.7 Å². The number of allylic oxidation sites excluding steroid dienone is 2. The maximum absolute atomic E-state index is 13.0. The van der Waals surface area contributed by atoms with Gasteiger partial charge in [0.2, 0.25) is 5.88 Å². The van der Waals surface area contributed by atoms with E-state index in [1.165, 1.54) is 11.1 Å². The zero-order valence-electron chi connectivity index (χ0n) is 26.6. The molecule has 0 aromatic carbocycles. The lowest BCUT2D eigenvalue weighted by Gasteiger charge is -2.70. The number of aromatic nitrogens is 1. The molecule has 6 rings (SSSR count). The van der Waals surface area contributed by atoms with Crippen LogP contribution >= 0.6 is 0 Å². The molecule has 1 N–H and O–H groups in total. The minimum atomic E-state index is -0.606. The summed E-state index contributed by atoms with van der Waals surface area (Å²) < 4.78 is 5.82. The van der Waals surface area contributed by atoms with Crippen LogP contribution in [0.25, 0.3) is 0 Å². The van der Waals surface area contributed by atoms with E-state index in [1.807, 2.05) is 6.92 Å². The second kappa shape index (κ2) is 9.08. The van der Waals surface area contributed by atoms with Crippen molar-refractivity contribution in [3.05, 3.63) is 34.5 Å². The van der Waals surface area contributed by atoms with Gasteiger partial charge in [0.1, 0.15) is 11.6 Å². The zero-order valence-corrected chi connectivity index (χ0v) is 26.6. The summed E-state index contributed by atoms with van der Waals surface area (Å²) in [6, 6.07) is 4.42. The number of hydrogen-bond acceptors (Lipinski definition) is 4. The van der Waals surface area contributed by atoms with Gasteiger partial charge in [-0.3, -0.25) is 4.79 Å². The largest absolute Gasteiger partial charge is 0.481 e. The SMILES string of the molecule is CCOc1nc2c(cc1C#N)CC1(C)C(CCC3(C)C1CC=C1C4C(C)C(C)CCC4(C(=O)O)CCC13C)C2(C)C. The van der Waals surface area contributed by atoms with Crippen molar-refractivity contribution in [2.45, 2.75) is 112 Å². The molecule has 41 heavy (non-hydrogen) atoms. The fourth-order valence-electron chi connectivity index (χ4n) is 11.8. The predicted molar refractivity (Wildman–Crippen MR) is 160 cm³/mol. The van der Waals surface area contributed by atoms with Crippen LogP contribution in [0.2, 0.25) is 0 Å². The molecule has 3 fully saturated rings. The van der Waals surface area contributed by atoms with Gasteiger partial charge in [-0.15, -0.1) is 0 Å². The molecular formula is C36H50N2O3. The summed E-state index contributed by atoms with van der Waals surface area (Å²) in [6.45, 7) is 19.5. The zero-order chi connectivity index (χ0) is 29.8. The Bertz CT molecular complexity index is 1360. The number of aliphatic carboxylic acids is 1. The summed E-state index contributed by atoms with van der Waals surface area (Å²) in [5.74, 6) is 1.94. The predicted octanol–water partition coefficient (Wildman–Crippen LogP) is 8.11. The van der Waals surface area contributed by atoms with Crippen molar-refractivity contribution in [2.75, 3.05) is 6.61 Å². The highest BCUT2D eigenvalue weighted by Gasteiger charge is 2.69. The molecule has 1 aromatic rings. The normalized spacial score (nSPS) is 44.1. The minimum absolute atomic E-state index is 0.00184. The first-order valence-corrected chi connectivity index (χ1v) is 16.2. The average Bonchev–Trinajstić information content (AvgIpc) is 2.91. The fourth-order valence-corrected chi connectivity index (χ4v) is 11.8. The monoisotopic (exact) mass is 558 g/mol. The van der Waals surface area contributed by atoms with E-state index in [-0.39, 0.29) is 27.6 Å². The molecule has 9 atom stereocenters. The van der Waals surface area contributed by atoms with Gasteiger partial charge >= 0.3 is 5.97 Å². The van der Waals surface area contributed by atoms with Crippen molar-refractivity contribution in [3.8, 4) is 11.9 Å². The van der Waals surface area contributed by atoms with E-state index >= 15 is 0 Å². The van der Waals surface area contributed by atoms with Crippen LogP contribution < -0.4 is 4.74 Å². The molecular weight excluding hydrogens is 508 g/mol. The number of nitriles is 1. The van der Waals surface area contributed by atoms with Crippen LogP contribution in [-0.2, 0) is 16.6 Å². The summed E-state index contributed by atoms with van der Waals surface area (Å²) in [6.07, 6.45) is 10.4. The molecule has 0 radical (unpaired) electrons. The summed E-state index contributed by atoms with van der Waals surface area (Å²) in [5.41, 5.74) is 3.75. The Labute approximate surface area is 247 Å². The average molecular weight is 559 g/mol. The Balaban J connectivity index is 1.47. The van der Waals surface area contributed by atoms with Gasteiger partial charge in [0.15, 0.2) is 0 Å². The third-order valence-corrected chi connectivity index (χ3v) is 14.2. The summed E-state index contributed by atoms with van der Waals surface area (Å²) in [7, 11) is 0. The molecule has 0 bridgehead atoms. The number of carboxylic acid groups (broad SMARTS) is 1. The molecule has 0 spiro atoms. The summed E-state index contributed by atoms with van der Waals surface area (Å²) in [5, 5.41) is 20.6. The molecule has 9 unspecified atom stereocenters. The molecule has 1 aromatic heterocycles. The lowest BCUT2D eigenvalue weighted by atomic mass is 9.33. The van der Waals surface area contributed by atoms with E-state index < -0.39 is 11.4 Å². The lowest BCUT2D eigenvalue weighted by molar-refractivity contribution is -0.179. The molecule has 1 heterocycles. The Morgan fingerprint density at radius 3 is 2.49 bits per heavy atom. The van der Waals surface area contributed by atoms with Crippen LogP contribution in [0, 0.1) is 62.6 Å². The molecule has 5 nitrogen and oxygen atoms in total. The van der Waals surface area contributed by atoms with Gasteiger partial charge in [0, 0.05) is 5.41 Å². The number of hydrogen-bond donors (Lipinski definition) is 1. The molecule has 0 saturated heterocycles. The second-order valence-electron chi connectivity index (χ2n) is 15.9. The Hall–Kier alpha value is -2.35. The van der Waals surface area contributed by atoms with Crippen molar-refractivity contribution in [2.24, 2.45) is 51.2 Å². The van der Waals surface area contributed by atoms with Gasteiger partial charge in [0.05, 0.1) is 17.7 Å². The molecule has 3 saturated carbocycles. The quantitative estimate of drug-likeness (QED) is 0.379. The molecule has 0 aliphatic heterocycles. The van der Waals surface area contributed by atoms with Gasteiger partial charge in [-0.25, -0.2) is 4.98 Å². The van der Waals surface area contributed by atoms with Crippen molar-refractivity contribution >= 4 is 5.97 Å². The van der Waals surface area contributed by atoms with Gasteiger partial charge in [-0.2, -0.15) is 5.26 Å². The van der Waals surface area contributed by atoms with Gasteiger partial charge < -0.3 is 9.84 Å². The van der Waals surface area contributed by atoms with E-state index in [9.17, 15) is 15.2 Å². The first kappa shape index (κ1) is 28.8. The number of rotatable bonds is 3. The number of fused-ring (bicyclic) bond motifs is 8. The Kier molecular flexibility index (Phi) is 6.36. The third-order valence-electron chi connectivity index (χ3n) is 14.2. The maximum atomic E-state index is 13.0. The number of carboxylic acids is 1. The van der Waals surface area contributed by atoms with Crippen molar-refractivity contribution in [3.63, 3.8) is 0 Å². The standard InChI is InChI=1S/C36H50N2O3/c1-9-41-30-24(20-37)18-23-19-33(6)26(32(4,5)29(23)38-30)13-14-35(8)27(33)11-10-25-28-22(3)21(2)12-15-36(28,31(39)40)17-16-34(25,35)7/h10,18,21-22,26-28H,9,11-17,19H2,1-8H3,(H,39,40). The number of carbonyl (C=O) groups is 1. The lowest BCUT2D eigenvalue weighted by Crippen LogP contribution is -2.65. The molecule has 5 aliphatic carbocycles. The number of pyridine rings is 1. The highest BCUT2D eigenvalue weighted by atomic mass is 16.5. The van der Waals surface area contributed by atoms with E-state index in [0.717, 1.165) is 57.1 Å². The van der Waals surface area contributed by atoms with E-state index in [2.05, 4.69) is 66.7 Å². The van der Waals surface area contributed by atoms with Crippen molar-refractivity contribution in [1.29, 1.82) is 5.26 Å². The van der Waals surface area contributed by atoms with Crippen LogP contribution in [0.3, 0.4) is 0 Å². The van der Waals surface area contributed by atoms with E-state index in [1.54, 1.807) is 0 Å². The van der Waals surface area contributed by atoms with Gasteiger partial charge in [-0.1, -0.05) is 60.1 Å². The van der Waals surface area contributed by atoms with Crippen LogP contribution in [0.5, 0.6) is 5.88 Å². The first-order chi connectivity index (χ1) is 19.2. The van der Waals surface area contributed by atoms with Crippen molar-refractivity contribution < 1.29 is 14.6 Å². The summed E-state index contributed by atoms with van der Waals surface area (Å²) >= 11 is 0. The number of nitrogens with zero attached hydrogens (tertiary/aromatic N) is 2. The molecule has 222 valence electrons. The molecule has 5 aliphatic rings. The molecule has 5 heteroatoms. The topological polar surface area (TPSA) is 83.2 Å². The van der Waals surface area contributed by atoms with Gasteiger partial charge in [0.25, 0.3) is 0 Å². The maximum Gasteiger partial charge on any atom is 0.310 e. The summed E-state index contributed by atoms with van der Waals surface area (Å²) in [4.78, 5) is 18.0.